The summed E-state index contributed by atoms with van der Waals surface area (Å²) in [7, 11) is 1.91. The highest BCUT2D eigenvalue weighted by atomic mass is 79.9. The Kier molecular flexibility index (Phi) is 3.95. The molecule has 0 aliphatic rings. The third-order valence-corrected chi connectivity index (χ3v) is 3.26. The first-order valence-corrected chi connectivity index (χ1v) is 6.27. The molecule has 1 aromatic carbocycles. The second-order valence-corrected chi connectivity index (χ2v) is 4.66. The van der Waals surface area contributed by atoms with Crippen LogP contribution < -0.4 is 5.32 Å². The second kappa shape index (κ2) is 5.65. The number of hydrogen-bond donors (Lipinski definition) is 1. The first-order chi connectivity index (χ1) is 8.72. The summed E-state index contributed by atoms with van der Waals surface area (Å²) in [5.41, 5.74) is 1.45. The van der Waals surface area contributed by atoms with Crippen molar-refractivity contribution in [3.05, 3.63) is 40.4 Å². The zero-order valence-electron chi connectivity index (χ0n) is 9.89. The highest BCUT2D eigenvalue weighted by Crippen LogP contribution is 2.23. The molecular formula is C12H12BrN5. The molecule has 2 aromatic rings. The zero-order chi connectivity index (χ0) is 13.0. The lowest BCUT2D eigenvalue weighted by atomic mass is 10.2. The predicted molar refractivity (Wildman–Crippen MR) is 72.1 cm³/mol. The summed E-state index contributed by atoms with van der Waals surface area (Å²) in [6.45, 7) is 0.706. The Hall–Kier alpha value is -1.87. The Morgan fingerprint density at radius 3 is 3.00 bits per heavy atom. The lowest BCUT2D eigenvalue weighted by molar-refractivity contribution is 0.788. The van der Waals surface area contributed by atoms with Crippen LogP contribution in [0.15, 0.2) is 29.0 Å². The van der Waals surface area contributed by atoms with Crippen molar-refractivity contribution in [3.8, 4) is 6.07 Å². The summed E-state index contributed by atoms with van der Waals surface area (Å²) < 4.78 is 2.68. The SMILES string of the molecule is Cn1cnnc1CCNc1cccc(Br)c1C#N. The molecule has 0 fully saturated rings. The lowest BCUT2D eigenvalue weighted by Gasteiger charge is -2.08. The molecule has 0 spiro atoms. The largest absolute Gasteiger partial charge is 0.383 e. The summed E-state index contributed by atoms with van der Waals surface area (Å²) in [5, 5.41) is 20.1. The molecule has 0 atom stereocenters. The van der Waals surface area contributed by atoms with E-state index in [4.69, 9.17) is 5.26 Å². The average Bonchev–Trinajstić information content (AvgIpc) is 2.75. The van der Waals surface area contributed by atoms with Crippen molar-refractivity contribution < 1.29 is 0 Å². The maximum absolute atomic E-state index is 9.08. The Labute approximate surface area is 114 Å². The molecular weight excluding hydrogens is 294 g/mol. The molecule has 5 nitrogen and oxygen atoms in total. The quantitative estimate of drug-likeness (QED) is 0.939. The minimum atomic E-state index is 0.621. The number of nitriles is 1. The van der Waals surface area contributed by atoms with Gasteiger partial charge in [0.2, 0.25) is 0 Å². The van der Waals surface area contributed by atoms with Crippen LogP contribution >= 0.6 is 15.9 Å². The third-order valence-electron chi connectivity index (χ3n) is 2.59. The van der Waals surface area contributed by atoms with Crippen molar-refractivity contribution in [1.29, 1.82) is 5.26 Å². The topological polar surface area (TPSA) is 66.5 Å². The van der Waals surface area contributed by atoms with Gasteiger partial charge in [0.25, 0.3) is 0 Å². The van der Waals surface area contributed by atoms with Crippen molar-refractivity contribution in [2.45, 2.75) is 6.42 Å². The maximum atomic E-state index is 9.08. The number of anilines is 1. The highest BCUT2D eigenvalue weighted by Gasteiger charge is 2.06. The molecule has 0 saturated heterocycles. The van der Waals surface area contributed by atoms with Gasteiger partial charge in [0.15, 0.2) is 0 Å². The summed E-state index contributed by atoms with van der Waals surface area (Å²) in [4.78, 5) is 0. The van der Waals surface area contributed by atoms with Gasteiger partial charge < -0.3 is 9.88 Å². The van der Waals surface area contributed by atoms with Crippen LogP contribution in [-0.4, -0.2) is 21.3 Å². The van der Waals surface area contributed by atoms with E-state index in [0.29, 0.717) is 12.1 Å². The van der Waals surface area contributed by atoms with E-state index in [1.54, 1.807) is 6.33 Å². The van der Waals surface area contributed by atoms with E-state index in [9.17, 15) is 0 Å². The van der Waals surface area contributed by atoms with Gasteiger partial charge >= 0.3 is 0 Å². The van der Waals surface area contributed by atoms with E-state index in [0.717, 1.165) is 22.4 Å². The van der Waals surface area contributed by atoms with E-state index in [-0.39, 0.29) is 0 Å². The van der Waals surface area contributed by atoms with Gasteiger partial charge in [-0.2, -0.15) is 5.26 Å². The number of nitrogens with zero attached hydrogens (tertiary/aromatic N) is 4. The molecule has 1 aromatic heterocycles. The molecule has 1 N–H and O–H groups in total. The fourth-order valence-corrected chi connectivity index (χ4v) is 2.08. The van der Waals surface area contributed by atoms with Gasteiger partial charge in [-0.15, -0.1) is 10.2 Å². The Bertz CT molecular complexity index is 584. The molecule has 18 heavy (non-hydrogen) atoms. The molecule has 0 aliphatic heterocycles. The lowest BCUT2D eigenvalue weighted by Crippen LogP contribution is -2.09. The highest BCUT2D eigenvalue weighted by molar-refractivity contribution is 9.10. The van der Waals surface area contributed by atoms with E-state index in [1.807, 2.05) is 29.8 Å². The van der Waals surface area contributed by atoms with Crippen molar-refractivity contribution >= 4 is 21.6 Å². The van der Waals surface area contributed by atoms with E-state index in [1.165, 1.54) is 0 Å². The summed E-state index contributed by atoms with van der Waals surface area (Å²) in [6.07, 6.45) is 2.43. The van der Waals surface area contributed by atoms with Crippen LogP contribution in [0.1, 0.15) is 11.4 Å². The number of hydrogen-bond acceptors (Lipinski definition) is 4. The fourth-order valence-electron chi connectivity index (χ4n) is 1.63. The van der Waals surface area contributed by atoms with E-state index < -0.39 is 0 Å². The van der Waals surface area contributed by atoms with Crippen LogP contribution in [0.2, 0.25) is 0 Å². The number of aryl methyl sites for hydroxylation is 1. The first kappa shape index (κ1) is 12.6. The van der Waals surface area contributed by atoms with E-state index >= 15 is 0 Å². The minimum absolute atomic E-state index is 0.621. The van der Waals surface area contributed by atoms with Gasteiger partial charge in [0.05, 0.1) is 11.3 Å². The Morgan fingerprint density at radius 1 is 1.50 bits per heavy atom. The minimum Gasteiger partial charge on any atom is -0.383 e. The third kappa shape index (κ3) is 2.68. The van der Waals surface area contributed by atoms with Crippen LogP contribution in [0.25, 0.3) is 0 Å². The average molecular weight is 306 g/mol. The summed E-state index contributed by atoms with van der Waals surface area (Å²) in [5.74, 6) is 0.913. The normalized spacial score (nSPS) is 10.1. The van der Waals surface area contributed by atoms with Crippen LogP contribution in [0, 0.1) is 11.3 Å². The second-order valence-electron chi connectivity index (χ2n) is 3.81. The van der Waals surface area contributed by atoms with Crippen LogP contribution in [0.5, 0.6) is 0 Å². The molecule has 0 aliphatic carbocycles. The molecule has 0 unspecified atom stereocenters. The maximum Gasteiger partial charge on any atom is 0.134 e. The molecule has 0 bridgehead atoms. The summed E-state index contributed by atoms with van der Waals surface area (Å²) >= 11 is 3.36. The Balaban J connectivity index is 2.01. The van der Waals surface area contributed by atoms with Gasteiger partial charge in [-0.3, -0.25) is 0 Å². The number of aromatic nitrogens is 3. The van der Waals surface area contributed by atoms with Gasteiger partial charge in [-0.1, -0.05) is 6.07 Å². The molecule has 6 heteroatoms. The van der Waals surface area contributed by atoms with Crippen molar-refractivity contribution in [2.75, 3.05) is 11.9 Å². The van der Waals surface area contributed by atoms with Crippen molar-refractivity contribution in [2.24, 2.45) is 7.05 Å². The molecule has 0 saturated carbocycles. The number of rotatable bonds is 4. The van der Waals surface area contributed by atoms with Gasteiger partial charge in [-0.25, -0.2) is 0 Å². The van der Waals surface area contributed by atoms with E-state index in [2.05, 4.69) is 37.5 Å². The van der Waals surface area contributed by atoms with Gasteiger partial charge in [-0.05, 0) is 28.1 Å². The molecule has 0 radical (unpaired) electrons. The Morgan fingerprint density at radius 2 is 2.33 bits per heavy atom. The standard InChI is InChI=1S/C12H12BrN5/c1-18-8-16-17-12(18)5-6-15-11-4-2-3-10(13)9(11)7-14/h2-4,8,15H,5-6H2,1H3. The van der Waals surface area contributed by atoms with Crippen LogP contribution in [-0.2, 0) is 13.5 Å². The molecule has 2 rings (SSSR count). The smallest absolute Gasteiger partial charge is 0.134 e. The van der Waals surface area contributed by atoms with Crippen LogP contribution in [0.4, 0.5) is 5.69 Å². The van der Waals surface area contributed by atoms with Crippen molar-refractivity contribution in [3.63, 3.8) is 0 Å². The van der Waals surface area contributed by atoms with Crippen LogP contribution in [0.3, 0.4) is 0 Å². The molecule has 92 valence electrons. The molecule has 0 amide bonds. The summed E-state index contributed by atoms with van der Waals surface area (Å²) in [6, 6.07) is 7.82. The number of halogens is 1. The van der Waals surface area contributed by atoms with Gasteiger partial charge in [0.1, 0.15) is 18.2 Å². The van der Waals surface area contributed by atoms with Crippen molar-refractivity contribution in [1.82, 2.24) is 14.8 Å². The number of nitrogens with one attached hydrogen (secondary N) is 1. The zero-order valence-corrected chi connectivity index (χ0v) is 11.5. The monoisotopic (exact) mass is 305 g/mol. The predicted octanol–water partition coefficient (Wildman–Crippen LogP) is 2.10. The molecule has 1 heterocycles. The number of benzene rings is 1. The first-order valence-electron chi connectivity index (χ1n) is 5.47. The van der Waals surface area contributed by atoms with Gasteiger partial charge in [0, 0.05) is 24.5 Å². The fraction of sp³-hybridized carbons (Fsp3) is 0.250.